The maximum atomic E-state index is 6.05. The van der Waals surface area contributed by atoms with E-state index in [1.807, 2.05) is 25.5 Å². The van der Waals surface area contributed by atoms with Crippen LogP contribution < -0.4 is 4.74 Å². The molecule has 136 valence electrons. The van der Waals surface area contributed by atoms with Crippen molar-refractivity contribution in [3.8, 4) is 5.75 Å². The van der Waals surface area contributed by atoms with Crippen molar-refractivity contribution in [3.05, 3.63) is 65.8 Å². The van der Waals surface area contributed by atoms with Gasteiger partial charge in [0, 0.05) is 43.7 Å². The van der Waals surface area contributed by atoms with Gasteiger partial charge in [0.05, 0.1) is 31.2 Å². The largest absolute Gasteiger partial charge is 0.493 e. The van der Waals surface area contributed by atoms with E-state index in [0.29, 0.717) is 0 Å². The smallest absolute Gasteiger partial charge is 0.124 e. The van der Waals surface area contributed by atoms with Crippen LogP contribution in [-0.4, -0.2) is 37.6 Å². The van der Waals surface area contributed by atoms with Gasteiger partial charge in [0.15, 0.2) is 0 Å². The first-order valence-corrected chi connectivity index (χ1v) is 9.22. The number of aromatic nitrogens is 4. The van der Waals surface area contributed by atoms with Crippen LogP contribution in [0.3, 0.4) is 0 Å². The fourth-order valence-corrected chi connectivity index (χ4v) is 3.62. The van der Waals surface area contributed by atoms with E-state index in [2.05, 4.69) is 49.5 Å². The Labute approximate surface area is 153 Å². The van der Waals surface area contributed by atoms with Crippen molar-refractivity contribution in [2.45, 2.75) is 32.4 Å². The molecule has 4 rings (SSSR count). The van der Waals surface area contributed by atoms with Gasteiger partial charge in [-0.3, -0.25) is 4.90 Å². The number of imidazole rings is 2. The van der Waals surface area contributed by atoms with Gasteiger partial charge in [0.25, 0.3) is 0 Å². The van der Waals surface area contributed by atoms with Crippen molar-refractivity contribution in [1.29, 1.82) is 0 Å². The summed E-state index contributed by atoms with van der Waals surface area (Å²) in [7, 11) is 2.04. The van der Waals surface area contributed by atoms with Crippen molar-refractivity contribution >= 4 is 0 Å². The first kappa shape index (κ1) is 16.8. The second kappa shape index (κ2) is 7.33. The average Bonchev–Trinajstić information content (AvgIpc) is 3.29. The van der Waals surface area contributed by atoms with E-state index in [1.54, 1.807) is 6.33 Å². The van der Waals surface area contributed by atoms with Crippen LogP contribution in [-0.2, 0) is 20.0 Å². The Morgan fingerprint density at radius 1 is 1.27 bits per heavy atom. The predicted molar refractivity (Wildman–Crippen MR) is 100.0 cm³/mol. The molecule has 6 heteroatoms. The Morgan fingerprint density at radius 2 is 2.15 bits per heavy atom. The summed E-state index contributed by atoms with van der Waals surface area (Å²) in [6, 6.07) is 8.39. The van der Waals surface area contributed by atoms with E-state index < -0.39 is 0 Å². The third-order valence-electron chi connectivity index (χ3n) is 4.97. The van der Waals surface area contributed by atoms with Crippen LogP contribution in [0.1, 0.15) is 42.2 Å². The number of aromatic amines is 1. The lowest BCUT2D eigenvalue weighted by Gasteiger charge is -2.35. The minimum Gasteiger partial charge on any atom is -0.493 e. The summed E-state index contributed by atoms with van der Waals surface area (Å²) in [6.07, 6.45) is 7.61. The Morgan fingerprint density at radius 3 is 2.96 bits per heavy atom. The number of fused-ring (bicyclic) bond motifs is 1. The lowest BCUT2D eigenvalue weighted by atomic mass is 9.95. The molecule has 0 radical (unpaired) electrons. The standard InChI is InChI=1S/C20H25N5O/c1-3-12-26-17-7-5-4-6-15(17)20-19-16(22-14-23-19)8-10-25(20)13-18-21-9-11-24(18)2/h4-7,9,11,14,20H,3,8,10,12-13H2,1-2H3,(H,22,23). The van der Waals surface area contributed by atoms with Crippen LogP contribution >= 0.6 is 0 Å². The molecule has 1 atom stereocenters. The second-order valence-corrected chi connectivity index (χ2v) is 6.73. The summed E-state index contributed by atoms with van der Waals surface area (Å²) in [4.78, 5) is 14.9. The van der Waals surface area contributed by atoms with E-state index in [1.165, 1.54) is 11.3 Å². The molecule has 0 fully saturated rings. The van der Waals surface area contributed by atoms with Crippen LogP contribution in [0.4, 0.5) is 0 Å². The van der Waals surface area contributed by atoms with Crippen LogP contribution in [0, 0.1) is 0 Å². The molecule has 2 aromatic heterocycles. The van der Waals surface area contributed by atoms with Crippen LogP contribution in [0.2, 0.25) is 0 Å². The monoisotopic (exact) mass is 351 g/mol. The van der Waals surface area contributed by atoms with Gasteiger partial charge in [0.1, 0.15) is 11.6 Å². The molecule has 1 aromatic carbocycles. The molecule has 3 aromatic rings. The lowest BCUT2D eigenvalue weighted by Crippen LogP contribution is -2.36. The molecule has 1 unspecified atom stereocenters. The molecule has 0 spiro atoms. The molecular formula is C20H25N5O. The summed E-state index contributed by atoms with van der Waals surface area (Å²) < 4.78 is 8.13. The number of nitrogens with zero attached hydrogens (tertiary/aromatic N) is 4. The zero-order chi connectivity index (χ0) is 17.9. The van der Waals surface area contributed by atoms with Crippen LogP contribution in [0.25, 0.3) is 0 Å². The van der Waals surface area contributed by atoms with Crippen molar-refractivity contribution in [3.63, 3.8) is 0 Å². The van der Waals surface area contributed by atoms with Gasteiger partial charge < -0.3 is 14.3 Å². The number of ether oxygens (including phenoxy) is 1. The Hall–Kier alpha value is -2.60. The first-order valence-electron chi connectivity index (χ1n) is 9.22. The van der Waals surface area contributed by atoms with E-state index in [4.69, 9.17) is 4.74 Å². The van der Waals surface area contributed by atoms with Crippen molar-refractivity contribution in [2.75, 3.05) is 13.2 Å². The number of rotatable bonds is 6. The molecule has 1 aliphatic rings. The maximum Gasteiger partial charge on any atom is 0.124 e. The number of hydrogen-bond donors (Lipinski definition) is 1. The normalized spacial score (nSPS) is 17.2. The molecule has 1 N–H and O–H groups in total. The molecule has 0 aliphatic carbocycles. The summed E-state index contributed by atoms with van der Waals surface area (Å²) >= 11 is 0. The van der Waals surface area contributed by atoms with E-state index >= 15 is 0 Å². The maximum absolute atomic E-state index is 6.05. The average molecular weight is 351 g/mol. The fraction of sp³-hybridized carbons (Fsp3) is 0.400. The number of hydrogen-bond acceptors (Lipinski definition) is 4. The first-order chi connectivity index (χ1) is 12.8. The van der Waals surface area contributed by atoms with Gasteiger partial charge in [-0.15, -0.1) is 0 Å². The molecule has 6 nitrogen and oxygen atoms in total. The third-order valence-corrected chi connectivity index (χ3v) is 4.97. The van der Waals surface area contributed by atoms with Crippen molar-refractivity contribution < 1.29 is 4.74 Å². The summed E-state index contributed by atoms with van der Waals surface area (Å²) in [5.74, 6) is 2.00. The van der Waals surface area contributed by atoms with E-state index in [0.717, 1.165) is 49.8 Å². The highest BCUT2D eigenvalue weighted by atomic mass is 16.5. The van der Waals surface area contributed by atoms with Crippen molar-refractivity contribution in [2.24, 2.45) is 7.05 Å². The van der Waals surface area contributed by atoms with Gasteiger partial charge in [-0.2, -0.15) is 0 Å². The number of H-pyrrole nitrogens is 1. The van der Waals surface area contributed by atoms with Gasteiger partial charge in [-0.1, -0.05) is 25.1 Å². The van der Waals surface area contributed by atoms with Gasteiger partial charge in [-0.05, 0) is 12.5 Å². The number of nitrogens with one attached hydrogen (secondary N) is 1. The number of aryl methyl sites for hydroxylation is 1. The minimum absolute atomic E-state index is 0.0646. The zero-order valence-corrected chi connectivity index (χ0v) is 15.4. The molecular weight excluding hydrogens is 326 g/mol. The molecule has 0 amide bonds. The number of benzene rings is 1. The van der Waals surface area contributed by atoms with Crippen molar-refractivity contribution in [1.82, 2.24) is 24.4 Å². The highest BCUT2D eigenvalue weighted by Crippen LogP contribution is 2.38. The molecule has 26 heavy (non-hydrogen) atoms. The second-order valence-electron chi connectivity index (χ2n) is 6.73. The molecule has 0 saturated heterocycles. The van der Waals surface area contributed by atoms with E-state index in [-0.39, 0.29) is 6.04 Å². The molecule has 0 saturated carbocycles. The predicted octanol–water partition coefficient (Wildman–Crippen LogP) is 3.08. The molecule has 0 bridgehead atoms. The van der Waals surface area contributed by atoms with Crippen LogP contribution in [0.15, 0.2) is 43.0 Å². The SMILES string of the molecule is CCCOc1ccccc1C1c2nc[nH]c2CCN1Cc1nccn1C. The third kappa shape index (κ3) is 3.12. The van der Waals surface area contributed by atoms with Crippen LogP contribution in [0.5, 0.6) is 5.75 Å². The minimum atomic E-state index is 0.0646. The Kier molecular flexibility index (Phi) is 4.75. The summed E-state index contributed by atoms with van der Waals surface area (Å²) in [5.41, 5.74) is 3.48. The van der Waals surface area contributed by atoms with Gasteiger partial charge in [0.2, 0.25) is 0 Å². The Balaban J connectivity index is 1.73. The molecule has 3 heterocycles. The summed E-state index contributed by atoms with van der Waals surface area (Å²) in [6.45, 7) is 4.58. The van der Waals surface area contributed by atoms with Gasteiger partial charge >= 0.3 is 0 Å². The summed E-state index contributed by atoms with van der Waals surface area (Å²) in [5, 5.41) is 0. The fourth-order valence-electron chi connectivity index (χ4n) is 3.62. The zero-order valence-electron chi connectivity index (χ0n) is 15.4. The van der Waals surface area contributed by atoms with E-state index in [9.17, 15) is 0 Å². The lowest BCUT2D eigenvalue weighted by molar-refractivity contribution is 0.188. The quantitative estimate of drug-likeness (QED) is 0.741. The Bertz CT molecular complexity index is 868. The highest BCUT2D eigenvalue weighted by molar-refractivity contribution is 5.42. The molecule has 1 aliphatic heterocycles. The van der Waals surface area contributed by atoms with Gasteiger partial charge in [-0.25, -0.2) is 9.97 Å². The highest BCUT2D eigenvalue weighted by Gasteiger charge is 2.33. The topological polar surface area (TPSA) is 59.0 Å². The number of para-hydroxylation sites is 1.